The van der Waals surface area contributed by atoms with Gasteiger partial charge in [-0.3, -0.25) is 14.2 Å². The van der Waals surface area contributed by atoms with Crippen molar-refractivity contribution in [2.75, 3.05) is 30.4 Å². The number of nitrogen functional groups attached to an aromatic ring is 2. The van der Waals surface area contributed by atoms with Crippen molar-refractivity contribution in [3.8, 4) is 0 Å². The number of carbonyl (C=O) groups is 2. The van der Waals surface area contributed by atoms with Gasteiger partial charge in [0.05, 0.1) is 25.6 Å². The van der Waals surface area contributed by atoms with E-state index in [0.717, 1.165) is 11.8 Å². The first-order valence-electron chi connectivity index (χ1n) is 12.9. The van der Waals surface area contributed by atoms with Crippen LogP contribution in [0.4, 0.5) is 11.8 Å². The van der Waals surface area contributed by atoms with Crippen LogP contribution in [0.15, 0.2) is 6.33 Å². The van der Waals surface area contributed by atoms with Crippen molar-refractivity contribution in [2.24, 2.45) is 5.41 Å². The van der Waals surface area contributed by atoms with Gasteiger partial charge in [-0.25, -0.2) is 10.1 Å². The molecule has 5 atom stereocenters. The molecule has 2 aromatic heterocycles. The van der Waals surface area contributed by atoms with Gasteiger partial charge in [-0.1, -0.05) is 55.7 Å². The van der Waals surface area contributed by atoms with Gasteiger partial charge >= 0.3 is 5.97 Å². The molecule has 236 valence electrons. The molecule has 0 bridgehead atoms. The lowest BCUT2D eigenvalue weighted by atomic mass is 10.00. The smallest absolute Gasteiger partial charge is 0.323 e. The summed E-state index contributed by atoms with van der Waals surface area (Å²) in [7, 11) is 0. The zero-order chi connectivity index (χ0) is 31.6. The van der Waals surface area contributed by atoms with E-state index in [1.807, 2.05) is 20.8 Å². The molecule has 0 radical (unpaired) electrons. The maximum atomic E-state index is 12.5. The van der Waals surface area contributed by atoms with E-state index in [-0.39, 0.29) is 47.4 Å². The number of thioether (sulfide) groups is 1. The number of aliphatic hydroxyl groups is 1. The van der Waals surface area contributed by atoms with Crippen LogP contribution < -0.4 is 16.6 Å². The number of esters is 1. The number of rotatable bonds is 12. The summed E-state index contributed by atoms with van der Waals surface area (Å²) in [6, 6.07) is -0.891. The van der Waals surface area contributed by atoms with E-state index in [2.05, 4.69) is 20.0 Å². The highest BCUT2D eigenvalue weighted by Crippen LogP contribution is 2.50. The number of anilines is 2. The normalized spacial score (nSPS) is 22.8. The monoisotopic (exact) mass is 687 g/mol. The predicted octanol–water partition coefficient (Wildman–Crippen LogP) is 2.92. The molecule has 6 N–H and O–H groups in total. The molecule has 42 heavy (non-hydrogen) atoms. The molecule has 3 heterocycles. The van der Waals surface area contributed by atoms with Gasteiger partial charge in [0.25, 0.3) is 6.64 Å². The third-order valence-corrected chi connectivity index (χ3v) is 10.5. The lowest BCUT2D eigenvalue weighted by molar-refractivity contribution is -0.149. The van der Waals surface area contributed by atoms with Gasteiger partial charge in [0.1, 0.15) is 23.8 Å². The zero-order valence-corrected chi connectivity index (χ0v) is 28.0. The maximum Gasteiger partial charge on any atom is 0.323 e. The van der Waals surface area contributed by atoms with Crippen LogP contribution in [0, 0.1) is 5.41 Å². The third-order valence-electron chi connectivity index (χ3n) is 5.75. The Morgan fingerprint density at radius 2 is 1.95 bits per heavy atom. The number of imidazole rings is 1. The topological polar surface area (TPSA) is 199 Å². The average Bonchev–Trinajstić information content (AvgIpc) is 3.37. The number of nitrogens with two attached hydrogens (primary N) is 2. The Balaban J connectivity index is 1.76. The number of alkyl halides is 2. The number of halogens is 2. The van der Waals surface area contributed by atoms with Gasteiger partial charge in [-0.15, -0.1) is 0 Å². The molecule has 0 spiro atoms. The molecule has 0 saturated carbocycles. The molecule has 2 aromatic rings. The number of nitrogens with zero attached hydrogens (tertiary/aromatic N) is 4. The van der Waals surface area contributed by atoms with Crippen LogP contribution in [0.2, 0.25) is 0 Å². The molecule has 1 saturated heterocycles. The number of ether oxygens (including phenoxy) is 2. The summed E-state index contributed by atoms with van der Waals surface area (Å²) < 4.78 is 22.6. The molecule has 1 aliphatic rings. The van der Waals surface area contributed by atoms with Gasteiger partial charge in [-0.05, 0) is 32.6 Å². The van der Waals surface area contributed by atoms with Crippen molar-refractivity contribution < 1.29 is 33.2 Å². The highest BCUT2D eigenvalue weighted by Gasteiger charge is 2.56. The molecule has 14 nitrogen and oxygen atoms in total. The number of hydrogen-bond acceptors (Lipinski definition) is 14. The standard InChI is InChI=1S/C23H36Cl2N7O7PS2/c1-11(2)38-18(34)12(3)31-40(41,36-7-8-42-20(35)22(4,5)6)37-9-13-15(33)23(24,25)19(39-13)32-10-28-14-16(26)29-21(27)30-17(14)32/h10-13,15,19,33H,7-9H2,1-6H3,(H,31,41)(H4,26,27,29,30)/t12-,13+,15+,19+,40?/m0/s1. The quantitative estimate of drug-likeness (QED) is 0.110. The minimum Gasteiger partial charge on any atom is -0.462 e. The molecule has 0 aliphatic carbocycles. The number of nitrogens with one attached hydrogen (secondary N) is 1. The van der Waals surface area contributed by atoms with E-state index in [0.29, 0.717) is 5.75 Å². The van der Waals surface area contributed by atoms with Crippen molar-refractivity contribution in [3.05, 3.63) is 6.33 Å². The molecular formula is C23H36Cl2N7O7PS2. The van der Waals surface area contributed by atoms with Crippen molar-refractivity contribution >= 4 is 87.4 Å². The van der Waals surface area contributed by atoms with Gasteiger partial charge < -0.3 is 35.1 Å². The highest BCUT2D eigenvalue weighted by atomic mass is 35.5. The fraction of sp³-hybridized carbons (Fsp3) is 0.696. The Bertz CT molecular complexity index is 1340. The zero-order valence-electron chi connectivity index (χ0n) is 23.9. The van der Waals surface area contributed by atoms with Gasteiger partial charge in [0, 0.05) is 11.2 Å². The summed E-state index contributed by atoms with van der Waals surface area (Å²) in [6.07, 6.45) is -2.76. The van der Waals surface area contributed by atoms with E-state index in [1.54, 1.807) is 20.8 Å². The van der Waals surface area contributed by atoms with E-state index >= 15 is 0 Å². The number of aliphatic hydroxyl groups excluding tert-OH is 1. The van der Waals surface area contributed by atoms with E-state index in [9.17, 15) is 14.7 Å². The second-order valence-electron chi connectivity index (χ2n) is 10.8. The van der Waals surface area contributed by atoms with E-state index in [1.165, 1.54) is 10.9 Å². The van der Waals surface area contributed by atoms with Crippen LogP contribution in [0.5, 0.6) is 0 Å². The SMILES string of the molecule is CC(C)OC(=O)[C@H](C)NP(=S)(OCCSC(=O)C(C)(C)C)OC[C@H]1O[C@@H](n2cnc3c(N)nc(N)nc32)C(Cl)(Cl)[C@@H]1O. The van der Waals surface area contributed by atoms with Crippen LogP contribution in [-0.2, 0) is 39.9 Å². The summed E-state index contributed by atoms with van der Waals surface area (Å²) in [6.45, 7) is 6.74. The number of hydrogen-bond donors (Lipinski definition) is 4. The predicted molar refractivity (Wildman–Crippen MR) is 165 cm³/mol. The second-order valence-corrected chi connectivity index (χ2v) is 16.5. The minimum absolute atomic E-state index is 0.0166. The minimum atomic E-state index is -3.42. The number of aromatic nitrogens is 4. The van der Waals surface area contributed by atoms with E-state index in [4.69, 9.17) is 65.0 Å². The first-order chi connectivity index (χ1) is 19.4. The maximum absolute atomic E-state index is 12.5. The fourth-order valence-electron chi connectivity index (χ4n) is 3.65. The molecule has 19 heteroatoms. The van der Waals surface area contributed by atoms with Gasteiger partial charge in [-0.2, -0.15) is 9.97 Å². The summed E-state index contributed by atoms with van der Waals surface area (Å²) >= 11 is 19.9. The third kappa shape index (κ3) is 8.43. The van der Waals surface area contributed by atoms with Crippen molar-refractivity contribution in [1.29, 1.82) is 0 Å². The first kappa shape index (κ1) is 35.2. The highest BCUT2D eigenvalue weighted by molar-refractivity contribution is 8.13. The van der Waals surface area contributed by atoms with Crippen LogP contribution in [0.1, 0.15) is 47.8 Å². The Morgan fingerprint density at radius 1 is 1.29 bits per heavy atom. The summed E-state index contributed by atoms with van der Waals surface area (Å²) in [4.78, 5) is 37.0. The lowest BCUT2D eigenvalue weighted by Crippen LogP contribution is -2.39. The molecule has 1 unspecified atom stereocenters. The van der Waals surface area contributed by atoms with E-state index < -0.39 is 46.8 Å². The lowest BCUT2D eigenvalue weighted by Gasteiger charge is -2.28. The Labute approximate surface area is 263 Å². The van der Waals surface area contributed by atoms with Crippen molar-refractivity contribution in [1.82, 2.24) is 24.6 Å². The van der Waals surface area contributed by atoms with Gasteiger partial charge in [0.2, 0.25) is 5.95 Å². The molecular weight excluding hydrogens is 652 g/mol. The van der Waals surface area contributed by atoms with Crippen LogP contribution >= 0.6 is 41.6 Å². The molecule has 1 fully saturated rings. The Morgan fingerprint density at radius 3 is 2.57 bits per heavy atom. The van der Waals surface area contributed by atoms with Crippen LogP contribution in [0.25, 0.3) is 11.2 Å². The average molecular weight is 689 g/mol. The molecule has 0 aromatic carbocycles. The van der Waals surface area contributed by atoms with Crippen LogP contribution in [0.3, 0.4) is 0 Å². The fourth-order valence-corrected chi connectivity index (χ4v) is 7.51. The second kappa shape index (κ2) is 13.8. The van der Waals surface area contributed by atoms with Gasteiger partial charge in [0.15, 0.2) is 27.1 Å². The van der Waals surface area contributed by atoms with Crippen LogP contribution in [-0.4, -0.2) is 83.4 Å². The van der Waals surface area contributed by atoms with Crippen molar-refractivity contribution in [3.63, 3.8) is 0 Å². The Kier molecular flexibility index (Phi) is 11.5. The summed E-state index contributed by atoms with van der Waals surface area (Å²) in [5.74, 6) is -0.329. The molecule has 0 amide bonds. The summed E-state index contributed by atoms with van der Waals surface area (Å²) in [5.41, 5.74) is 11.5. The largest absolute Gasteiger partial charge is 0.462 e. The summed E-state index contributed by atoms with van der Waals surface area (Å²) in [5, 5.41) is 13.9. The molecule has 1 aliphatic heterocycles. The number of fused-ring (bicyclic) bond motifs is 1. The van der Waals surface area contributed by atoms with Crippen molar-refractivity contribution in [2.45, 2.75) is 76.5 Å². The Hall–Kier alpha value is -1.33. The first-order valence-corrected chi connectivity index (χ1v) is 17.2. The number of carbonyl (C=O) groups excluding carboxylic acids is 2. The molecule has 3 rings (SSSR count).